The van der Waals surface area contributed by atoms with Crippen LogP contribution in [0.5, 0.6) is 0 Å². The molecule has 0 bridgehead atoms. The lowest BCUT2D eigenvalue weighted by Crippen LogP contribution is -2.44. The van der Waals surface area contributed by atoms with Crippen LogP contribution in [0.3, 0.4) is 0 Å². The molecule has 0 saturated carbocycles. The van der Waals surface area contributed by atoms with Crippen LogP contribution in [-0.2, 0) is 0 Å². The van der Waals surface area contributed by atoms with Gasteiger partial charge in [0.05, 0.1) is 6.04 Å². The van der Waals surface area contributed by atoms with Crippen LogP contribution in [0.4, 0.5) is 0 Å². The Labute approximate surface area is 75.3 Å². The van der Waals surface area contributed by atoms with Crippen molar-refractivity contribution >= 4 is 0 Å². The monoisotopic (exact) mass is 166 g/mol. The van der Waals surface area contributed by atoms with Gasteiger partial charge in [0.1, 0.15) is 0 Å². The lowest BCUT2D eigenvalue weighted by atomic mass is 10.0. The summed E-state index contributed by atoms with van der Waals surface area (Å²) in [5.41, 5.74) is 0. The molecule has 1 fully saturated rings. The van der Waals surface area contributed by atoms with Crippen molar-refractivity contribution in [1.29, 1.82) is 0 Å². The number of hydrogen-bond donors (Lipinski definition) is 1. The second-order valence-electron chi connectivity index (χ2n) is 3.44. The molecule has 1 saturated heterocycles. The summed E-state index contributed by atoms with van der Waals surface area (Å²) in [6.07, 6.45) is 7.81. The first-order valence-electron chi connectivity index (χ1n) is 4.65. The standard InChI is InChI=1S/C10H18N2/c1-4-9(2)12-7-5-10(11-3)6-8-12/h1,9-11H,5-8H2,2-3H3. The SMILES string of the molecule is C#CC(C)N1CCC(NC)CC1. The summed E-state index contributed by atoms with van der Waals surface area (Å²) < 4.78 is 0. The van der Waals surface area contributed by atoms with Crippen LogP contribution in [0.15, 0.2) is 0 Å². The minimum Gasteiger partial charge on any atom is -0.317 e. The van der Waals surface area contributed by atoms with Gasteiger partial charge in [-0.05, 0) is 26.8 Å². The highest BCUT2D eigenvalue weighted by Crippen LogP contribution is 2.11. The third-order valence-electron chi connectivity index (χ3n) is 2.73. The van der Waals surface area contributed by atoms with Gasteiger partial charge in [-0.1, -0.05) is 5.92 Å². The molecule has 12 heavy (non-hydrogen) atoms. The molecular formula is C10H18N2. The summed E-state index contributed by atoms with van der Waals surface area (Å²) >= 11 is 0. The number of hydrogen-bond acceptors (Lipinski definition) is 2. The van der Waals surface area contributed by atoms with Crippen molar-refractivity contribution in [3.63, 3.8) is 0 Å². The van der Waals surface area contributed by atoms with Crippen LogP contribution >= 0.6 is 0 Å². The number of piperidine rings is 1. The maximum atomic E-state index is 5.36. The van der Waals surface area contributed by atoms with E-state index in [0.29, 0.717) is 12.1 Å². The Hall–Kier alpha value is -0.520. The Morgan fingerprint density at radius 2 is 2.08 bits per heavy atom. The highest BCUT2D eigenvalue weighted by atomic mass is 15.2. The zero-order valence-electron chi connectivity index (χ0n) is 8.01. The number of terminal acetylenes is 1. The summed E-state index contributed by atoms with van der Waals surface area (Å²) in [6, 6.07) is 1.01. The van der Waals surface area contributed by atoms with Crippen molar-refractivity contribution in [3.05, 3.63) is 0 Å². The molecule has 0 spiro atoms. The third kappa shape index (κ3) is 2.23. The fourth-order valence-electron chi connectivity index (χ4n) is 1.68. The topological polar surface area (TPSA) is 15.3 Å². The van der Waals surface area contributed by atoms with Crippen LogP contribution < -0.4 is 5.32 Å². The molecule has 2 nitrogen and oxygen atoms in total. The van der Waals surface area contributed by atoms with Crippen molar-refractivity contribution < 1.29 is 0 Å². The van der Waals surface area contributed by atoms with E-state index < -0.39 is 0 Å². The van der Waals surface area contributed by atoms with Crippen LogP contribution in [0, 0.1) is 12.3 Å². The fourth-order valence-corrected chi connectivity index (χ4v) is 1.68. The van der Waals surface area contributed by atoms with Gasteiger partial charge in [-0.25, -0.2) is 0 Å². The number of nitrogens with one attached hydrogen (secondary N) is 1. The summed E-state index contributed by atoms with van der Waals surface area (Å²) in [5, 5.41) is 3.30. The Morgan fingerprint density at radius 1 is 1.50 bits per heavy atom. The van der Waals surface area contributed by atoms with Crippen molar-refractivity contribution in [2.75, 3.05) is 20.1 Å². The van der Waals surface area contributed by atoms with Crippen molar-refractivity contribution in [1.82, 2.24) is 10.2 Å². The lowest BCUT2D eigenvalue weighted by Gasteiger charge is -2.33. The van der Waals surface area contributed by atoms with Crippen LogP contribution in [0.1, 0.15) is 19.8 Å². The molecular weight excluding hydrogens is 148 g/mol. The molecule has 0 aliphatic carbocycles. The zero-order chi connectivity index (χ0) is 8.97. The molecule has 2 heteroatoms. The molecule has 0 radical (unpaired) electrons. The first kappa shape index (κ1) is 9.57. The Bertz CT molecular complexity index is 163. The number of nitrogens with zero attached hydrogens (tertiary/aromatic N) is 1. The largest absolute Gasteiger partial charge is 0.317 e. The van der Waals surface area contributed by atoms with Crippen LogP contribution in [0.2, 0.25) is 0 Å². The summed E-state index contributed by atoms with van der Waals surface area (Å²) in [5.74, 6) is 2.77. The second-order valence-corrected chi connectivity index (χ2v) is 3.44. The van der Waals surface area contributed by atoms with Crippen LogP contribution in [-0.4, -0.2) is 37.1 Å². The molecule has 68 valence electrons. The molecule has 0 aromatic carbocycles. The van der Waals surface area contributed by atoms with Crippen molar-refractivity contribution in [3.8, 4) is 12.3 Å². The van der Waals surface area contributed by atoms with E-state index in [1.54, 1.807) is 0 Å². The van der Waals surface area contributed by atoms with Gasteiger partial charge in [-0.15, -0.1) is 6.42 Å². The van der Waals surface area contributed by atoms with Gasteiger partial charge in [0.2, 0.25) is 0 Å². The maximum absolute atomic E-state index is 5.36. The predicted octanol–water partition coefficient (Wildman–Crippen LogP) is 0.692. The second kappa shape index (κ2) is 4.49. The molecule has 1 heterocycles. The van der Waals surface area contributed by atoms with E-state index >= 15 is 0 Å². The molecule has 1 aliphatic rings. The van der Waals surface area contributed by atoms with Crippen molar-refractivity contribution in [2.24, 2.45) is 0 Å². The molecule has 1 rings (SSSR count). The van der Waals surface area contributed by atoms with E-state index in [1.807, 2.05) is 7.05 Å². The van der Waals surface area contributed by atoms with Gasteiger partial charge >= 0.3 is 0 Å². The molecule has 0 aromatic rings. The fraction of sp³-hybridized carbons (Fsp3) is 0.800. The molecule has 0 aromatic heterocycles. The van der Waals surface area contributed by atoms with Gasteiger partial charge in [0.15, 0.2) is 0 Å². The summed E-state index contributed by atoms with van der Waals surface area (Å²) in [4.78, 5) is 2.37. The molecule has 0 amide bonds. The smallest absolute Gasteiger partial charge is 0.0683 e. The van der Waals surface area contributed by atoms with Gasteiger partial charge in [0.25, 0.3) is 0 Å². The predicted molar refractivity (Wildman–Crippen MR) is 51.9 cm³/mol. The summed E-state index contributed by atoms with van der Waals surface area (Å²) in [6.45, 7) is 4.37. The molecule has 1 N–H and O–H groups in total. The Balaban J connectivity index is 2.31. The van der Waals surface area contributed by atoms with Crippen LogP contribution in [0.25, 0.3) is 0 Å². The van der Waals surface area contributed by atoms with E-state index in [4.69, 9.17) is 6.42 Å². The first-order chi connectivity index (χ1) is 5.77. The van der Waals surface area contributed by atoms with E-state index in [2.05, 4.69) is 23.1 Å². The van der Waals surface area contributed by atoms with Gasteiger partial charge in [-0.2, -0.15) is 0 Å². The lowest BCUT2D eigenvalue weighted by molar-refractivity contribution is 0.182. The molecule has 1 unspecified atom stereocenters. The third-order valence-corrected chi connectivity index (χ3v) is 2.73. The van der Waals surface area contributed by atoms with E-state index in [1.165, 1.54) is 12.8 Å². The average Bonchev–Trinajstić information content (AvgIpc) is 2.17. The minimum absolute atomic E-state index is 0.308. The summed E-state index contributed by atoms with van der Waals surface area (Å²) in [7, 11) is 2.03. The van der Waals surface area contributed by atoms with Crippen molar-refractivity contribution in [2.45, 2.75) is 31.8 Å². The minimum atomic E-state index is 0.308. The van der Waals surface area contributed by atoms with E-state index in [0.717, 1.165) is 13.1 Å². The maximum Gasteiger partial charge on any atom is 0.0683 e. The van der Waals surface area contributed by atoms with Gasteiger partial charge in [-0.3, -0.25) is 4.90 Å². The molecule has 1 aliphatic heterocycles. The van der Waals surface area contributed by atoms with Gasteiger partial charge < -0.3 is 5.32 Å². The number of likely N-dealkylation sites (tertiary alicyclic amines) is 1. The Morgan fingerprint density at radius 3 is 2.50 bits per heavy atom. The van der Waals surface area contributed by atoms with E-state index in [-0.39, 0.29) is 0 Å². The van der Waals surface area contributed by atoms with E-state index in [9.17, 15) is 0 Å². The van der Waals surface area contributed by atoms with Gasteiger partial charge in [0, 0.05) is 19.1 Å². The zero-order valence-corrected chi connectivity index (χ0v) is 8.01. The number of rotatable bonds is 2. The average molecular weight is 166 g/mol. The normalized spacial score (nSPS) is 23.4. The highest BCUT2D eigenvalue weighted by molar-refractivity contribution is 4.98. The quantitative estimate of drug-likeness (QED) is 0.607. The highest BCUT2D eigenvalue weighted by Gasteiger charge is 2.19. The Kier molecular flexibility index (Phi) is 3.58. The molecule has 1 atom stereocenters. The first-order valence-corrected chi connectivity index (χ1v) is 4.65.